The van der Waals surface area contributed by atoms with Crippen LogP contribution < -0.4 is 10.1 Å². The number of aryl methyl sites for hydroxylation is 2. The van der Waals surface area contributed by atoms with Gasteiger partial charge in [-0.1, -0.05) is 41.1 Å². The van der Waals surface area contributed by atoms with Crippen LogP contribution in [-0.2, 0) is 16.1 Å². The maximum Gasteiger partial charge on any atom is 0.261 e. The van der Waals surface area contributed by atoms with Crippen LogP contribution in [0.3, 0.4) is 0 Å². The van der Waals surface area contributed by atoms with Crippen LogP contribution in [0.1, 0.15) is 42.5 Å². The molecule has 2 amide bonds. The lowest BCUT2D eigenvalue weighted by atomic mass is 10.1. The quantitative estimate of drug-likeness (QED) is 0.572. The van der Waals surface area contributed by atoms with E-state index in [4.69, 9.17) is 4.74 Å². The maximum absolute atomic E-state index is 13.1. The molecule has 0 aliphatic carbocycles. The number of amides is 2. The molecule has 0 heterocycles. The summed E-state index contributed by atoms with van der Waals surface area (Å²) in [6.07, 6.45) is 0.840. The lowest BCUT2D eigenvalue weighted by Crippen LogP contribution is -2.49. The van der Waals surface area contributed by atoms with E-state index in [1.165, 1.54) is 0 Å². The zero-order valence-electron chi connectivity index (χ0n) is 18.4. The average molecular weight is 475 g/mol. The molecule has 1 N–H and O–H groups in total. The summed E-state index contributed by atoms with van der Waals surface area (Å²) < 4.78 is 6.81. The van der Waals surface area contributed by atoms with Gasteiger partial charge in [-0.05, 0) is 74.6 Å². The first-order valence-corrected chi connectivity index (χ1v) is 11.0. The van der Waals surface area contributed by atoms with E-state index in [9.17, 15) is 9.59 Å². The van der Waals surface area contributed by atoms with Crippen LogP contribution in [0.2, 0.25) is 0 Å². The van der Waals surface area contributed by atoms with Gasteiger partial charge in [0.25, 0.3) is 5.91 Å². The monoisotopic (exact) mass is 474 g/mol. The van der Waals surface area contributed by atoms with Gasteiger partial charge in [-0.3, -0.25) is 9.59 Å². The normalized spacial score (nSPS) is 11.7. The Bertz CT molecular complexity index is 898. The van der Waals surface area contributed by atoms with Gasteiger partial charge < -0.3 is 15.0 Å². The van der Waals surface area contributed by atoms with Crippen LogP contribution in [0.15, 0.2) is 40.9 Å². The Morgan fingerprint density at radius 1 is 1.17 bits per heavy atom. The highest BCUT2D eigenvalue weighted by molar-refractivity contribution is 9.10. The molecule has 0 aliphatic rings. The van der Waals surface area contributed by atoms with Crippen molar-refractivity contribution in [3.8, 4) is 5.75 Å². The van der Waals surface area contributed by atoms with E-state index in [0.29, 0.717) is 18.8 Å². The second kappa shape index (κ2) is 11.2. The molecule has 0 radical (unpaired) electrons. The Morgan fingerprint density at radius 3 is 2.57 bits per heavy atom. The number of halogens is 1. The number of hydrogen-bond acceptors (Lipinski definition) is 3. The number of rotatable bonds is 9. The smallest absolute Gasteiger partial charge is 0.261 e. The minimum Gasteiger partial charge on any atom is -0.483 e. The van der Waals surface area contributed by atoms with Gasteiger partial charge in [0.15, 0.2) is 6.61 Å². The molecule has 0 fully saturated rings. The minimum atomic E-state index is -0.605. The van der Waals surface area contributed by atoms with Crippen LogP contribution in [0.5, 0.6) is 5.75 Å². The predicted octanol–water partition coefficient (Wildman–Crippen LogP) is 4.70. The first-order valence-electron chi connectivity index (χ1n) is 10.2. The fraction of sp³-hybridized carbons (Fsp3) is 0.417. The van der Waals surface area contributed by atoms with Crippen LogP contribution in [-0.4, -0.2) is 35.9 Å². The summed E-state index contributed by atoms with van der Waals surface area (Å²) in [5, 5.41) is 2.88. The number of nitrogens with one attached hydrogen (secondary N) is 1. The van der Waals surface area contributed by atoms with Crippen molar-refractivity contribution in [1.29, 1.82) is 0 Å². The molecule has 2 rings (SSSR count). The Balaban J connectivity index is 2.19. The first-order chi connectivity index (χ1) is 14.2. The van der Waals surface area contributed by atoms with Gasteiger partial charge in [0.1, 0.15) is 11.8 Å². The molecule has 5 nitrogen and oxygen atoms in total. The van der Waals surface area contributed by atoms with E-state index in [2.05, 4.69) is 27.3 Å². The largest absolute Gasteiger partial charge is 0.483 e. The summed E-state index contributed by atoms with van der Waals surface area (Å²) in [7, 11) is 0. The topological polar surface area (TPSA) is 58.6 Å². The van der Waals surface area contributed by atoms with Gasteiger partial charge in [0.2, 0.25) is 5.91 Å². The van der Waals surface area contributed by atoms with Crippen LogP contribution in [0, 0.1) is 20.8 Å². The lowest BCUT2D eigenvalue weighted by Gasteiger charge is -2.29. The molecule has 0 spiro atoms. The van der Waals surface area contributed by atoms with Crippen molar-refractivity contribution >= 4 is 27.7 Å². The van der Waals surface area contributed by atoms with E-state index in [1.807, 2.05) is 58.0 Å². The van der Waals surface area contributed by atoms with Crippen molar-refractivity contribution in [2.24, 2.45) is 0 Å². The number of hydrogen-bond donors (Lipinski definition) is 1. The average Bonchev–Trinajstić information content (AvgIpc) is 2.71. The van der Waals surface area contributed by atoms with Crippen molar-refractivity contribution in [1.82, 2.24) is 10.2 Å². The molecule has 6 heteroatoms. The molecule has 0 bridgehead atoms. The summed E-state index contributed by atoms with van der Waals surface area (Å²) in [4.78, 5) is 27.3. The molecule has 2 aromatic carbocycles. The van der Waals surface area contributed by atoms with Gasteiger partial charge >= 0.3 is 0 Å². The summed E-state index contributed by atoms with van der Waals surface area (Å²) in [5.41, 5.74) is 4.16. The molecule has 162 valence electrons. The fourth-order valence-electron chi connectivity index (χ4n) is 3.18. The molecular weight excluding hydrogens is 444 g/mol. The van der Waals surface area contributed by atoms with Crippen molar-refractivity contribution in [3.05, 3.63) is 63.1 Å². The standard InChI is InChI=1S/C24H31BrN2O3/c1-6-10-26-24(29)19(5)27(14-20-8-7-9-21(25)13-20)23(28)15-30-22-12-16(2)11-17(3)18(22)4/h7-9,11-13,19H,6,10,14-15H2,1-5H3,(H,26,29). The van der Waals surface area contributed by atoms with E-state index in [-0.39, 0.29) is 18.4 Å². The first kappa shape index (κ1) is 23.9. The molecule has 1 atom stereocenters. The lowest BCUT2D eigenvalue weighted by molar-refractivity contribution is -0.142. The Morgan fingerprint density at radius 2 is 1.90 bits per heavy atom. The molecule has 0 aromatic heterocycles. The van der Waals surface area contributed by atoms with Crippen molar-refractivity contribution < 1.29 is 14.3 Å². The Hall–Kier alpha value is -2.34. The molecule has 2 aromatic rings. The molecule has 0 saturated carbocycles. The van der Waals surface area contributed by atoms with Crippen molar-refractivity contribution in [3.63, 3.8) is 0 Å². The van der Waals surface area contributed by atoms with E-state index in [1.54, 1.807) is 11.8 Å². The molecule has 1 unspecified atom stereocenters. The van der Waals surface area contributed by atoms with E-state index in [0.717, 1.165) is 33.1 Å². The number of nitrogens with zero attached hydrogens (tertiary/aromatic N) is 1. The van der Waals surface area contributed by atoms with Crippen LogP contribution in [0.4, 0.5) is 0 Å². The second-order valence-electron chi connectivity index (χ2n) is 7.61. The number of benzene rings is 2. The highest BCUT2D eigenvalue weighted by Gasteiger charge is 2.26. The third-order valence-electron chi connectivity index (χ3n) is 5.07. The van der Waals surface area contributed by atoms with Gasteiger partial charge in [0, 0.05) is 17.6 Å². The highest BCUT2D eigenvalue weighted by Crippen LogP contribution is 2.23. The predicted molar refractivity (Wildman–Crippen MR) is 124 cm³/mol. The summed E-state index contributed by atoms with van der Waals surface area (Å²) >= 11 is 3.46. The third kappa shape index (κ3) is 6.59. The van der Waals surface area contributed by atoms with Crippen molar-refractivity contribution in [2.45, 2.75) is 53.6 Å². The maximum atomic E-state index is 13.1. The van der Waals surface area contributed by atoms with Crippen molar-refractivity contribution in [2.75, 3.05) is 13.2 Å². The van der Waals surface area contributed by atoms with Gasteiger partial charge in [-0.2, -0.15) is 0 Å². The number of carbonyl (C=O) groups is 2. The van der Waals surface area contributed by atoms with Crippen LogP contribution in [0.25, 0.3) is 0 Å². The second-order valence-corrected chi connectivity index (χ2v) is 8.53. The Labute approximate surface area is 187 Å². The Kier molecular flexibility index (Phi) is 8.90. The van der Waals surface area contributed by atoms with Gasteiger partial charge in [-0.25, -0.2) is 0 Å². The highest BCUT2D eigenvalue weighted by atomic mass is 79.9. The van der Waals surface area contributed by atoms with Crippen LogP contribution >= 0.6 is 15.9 Å². The zero-order valence-corrected chi connectivity index (χ0v) is 20.0. The summed E-state index contributed by atoms with van der Waals surface area (Å²) in [6.45, 7) is 10.5. The minimum absolute atomic E-state index is 0.122. The van der Waals surface area contributed by atoms with E-state index < -0.39 is 6.04 Å². The molecule has 0 saturated heterocycles. The van der Waals surface area contributed by atoms with Gasteiger partial charge in [0.05, 0.1) is 0 Å². The fourth-order valence-corrected chi connectivity index (χ4v) is 3.63. The SMILES string of the molecule is CCCNC(=O)C(C)N(Cc1cccc(Br)c1)C(=O)COc1cc(C)cc(C)c1C. The molecule has 30 heavy (non-hydrogen) atoms. The molecule has 0 aliphatic heterocycles. The number of carbonyl (C=O) groups excluding carboxylic acids is 2. The number of ether oxygens (including phenoxy) is 1. The zero-order chi connectivity index (χ0) is 22.3. The van der Waals surface area contributed by atoms with Gasteiger partial charge in [-0.15, -0.1) is 0 Å². The molecular formula is C24H31BrN2O3. The third-order valence-corrected chi connectivity index (χ3v) is 5.57. The summed E-state index contributed by atoms with van der Waals surface area (Å²) in [6, 6.07) is 11.2. The van der Waals surface area contributed by atoms with E-state index >= 15 is 0 Å². The summed E-state index contributed by atoms with van der Waals surface area (Å²) in [5.74, 6) is 0.307.